The maximum absolute atomic E-state index is 5.13. The van der Waals surface area contributed by atoms with E-state index < -0.39 is 0 Å². The number of hydrogen-bond donors (Lipinski definition) is 1. The molecular formula is C13H14BrNO. The second-order valence-electron chi connectivity index (χ2n) is 3.78. The highest BCUT2D eigenvalue weighted by atomic mass is 79.9. The molecular weight excluding hydrogens is 266 g/mol. The molecule has 2 aromatic rings. The van der Waals surface area contributed by atoms with Crippen LogP contribution in [0.4, 0.5) is 0 Å². The van der Waals surface area contributed by atoms with E-state index in [-0.39, 0.29) is 6.04 Å². The van der Waals surface area contributed by atoms with Crippen molar-refractivity contribution in [2.75, 3.05) is 7.05 Å². The quantitative estimate of drug-likeness (QED) is 0.928. The van der Waals surface area contributed by atoms with Gasteiger partial charge in [-0.3, -0.25) is 0 Å². The van der Waals surface area contributed by atoms with Gasteiger partial charge in [0.15, 0.2) is 0 Å². The summed E-state index contributed by atoms with van der Waals surface area (Å²) < 4.78 is 6.24. The molecule has 0 spiro atoms. The van der Waals surface area contributed by atoms with Crippen LogP contribution in [-0.2, 0) is 0 Å². The molecule has 2 rings (SSSR count). The number of hydrogen-bond acceptors (Lipinski definition) is 2. The van der Waals surface area contributed by atoms with Crippen LogP contribution in [0.1, 0.15) is 22.7 Å². The molecule has 0 aliphatic heterocycles. The molecule has 0 saturated carbocycles. The molecule has 1 aromatic heterocycles. The van der Waals surface area contributed by atoms with Crippen molar-refractivity contribution in [3.8, 4) is 0 Å². The van der Waals surface area contributed by atoms with Crippen molar-refractivity contribution in [3.05, 3.63) is 58.0 Å². The fourth-order valence-corrected chi connectivity index (χ4v) is 2.38. The molecule has 0 aliphatic rings. The Kier molecular flexibility index (Phi) is 3.46. The molecule has 1 aromatic carbocycles. The first-order chi connectivity index (χ1) is 7.72. The van der Waals surface area contributed by atoms with Gasteiger partial charge in [0.05, 0.1) is 18.6 Å². The van der Waals surface area contributed by atoms with Crippen molar-refractivity contribution in [1.82, 2.24) is 5.32 Å². The van der Waals surface area contributed by atoms with E-state index in [4.69, 9.17) is 4.42 Å². The maximum atomic E-state index is 5.13. The summed E-state index contributed by atoms with van der Waals surface area (Å²) in [5.41, 5.74) is 3.68. The van der Waals surface area contributed by atoms with Crippen molar-refractivity contribution < 1.29 is 4.42 Å². The maximum Gasteiger partial charge on any atom is 0.0953 e. The second-order valence-corrected chi connectivity index (χ2v) is 4.69. The first kappa shape index (κ1) is 11.4. The molecule has 1 unspecified atom stereocenters. The Morgan fingerprint density at radius 1 is 1.31 bits per heavy atom. The third kappa shape index (κ3) is 2.20. The van der Waals surface area contributed by atoms with Gasteiger partial charge in [-0.2, -0.15) is 0 Å². The highest BCUT2D eigenvalue weighted by Gasteiger charge is 2.14. The van der Waals surface area contributed by atoms with Crippen LogP contribution in [0.3, 0.4) is 0 Å². The molecule has 1 atom stereocenters. The van der Waals surface area contributed by atoms with Gasteiger partial charge < -0.3 is 9.73 Å². The summed E-state index contributed by atoms with van der Waals surface area (Å²) in [5.74, 6) is 0. The van der Waals surface area contributed by atoms with Gasteiger partial charge in [0.25, 0.3) is 0 Å². The van der Waals surface area contributed by atoms with Crippen molar-refractivity contribution in [2.24, 2.45) is 0 Å². The lowest BCUT2D eigenvalue weighted by Crippen LogP contribution is -2.17. The minimum absolute atomic E-state index is 0.187. The first-order valence-electron chi connectivity index (χ1n) is 5.18. The van der Waals surface area contributed by atoms with Gasteiger partial charge in [-0.15, -0.1) is 0 Å². The summed E-state index contributed by atoms with van der Waals surface area (Å²) in [6.07, 6.45) is 3.48. The SMILES string of the molecule is CNC(c1ccoc1)c1ccc(Br)cc1C. The Morgan fingerprint density at radius 2 is 2.12 bits per heavy atom. The van der Waals surface area contributed by atoms with E-state index in [0.717, 1.165) is 10.0 Å². The molecule has 1 heterocycles. The van der Waals surface area contributed by atoms with E-state index in [0.29, 0.717) is 0 Å². The monoisotopic (exact) mass is 279 g/mol. The Labute approximate surface area is 104 Å². The number of nitrogens with one attached hydrogen (secondary N) is 1. The van der Waals surface area contributed by atoms with Gasteiger partial charge in [-0.25, -0.2) is 0 Å². The number of halogens is 1. The molecule has 84 valence electrons. The molecule has 0 bridgehead atoms. The highest BCUT2D eigenvalue weighted by Crippen LogP contribution is 2.26. The Balaban J connectivity index is 2.41. The van der Waals surface area contributed by atoms with Gasteiger partial charge in [0.1, 0.15) is 0 Å². The Bertz CT molecular complexity index is 465. The molecule has 0 aliphatic carbocycles. The van der Waals surface area contributed by atoms with Crippen LogP contribution in [0.5, 0.6) is 0 Å². The van der Waals surface area contributed by atoms with E-state index in [2.05, 4.69) is 46.4 Å². The zero-order valence-electron chi connectivity index (χ0n) is 9.33. The predicted molar refractivity (Wildman–Crippen MR) is 68.5 cm³/mol. The smallest absolute Gasteiger partial charge is 0.0953 e. The van der Waals surface area contributed by atoms with Crippen molar-refractivity contribution in [2.45, 2.75) is 13.0 Å². The van der Waals surface area contributed by atoms with Crippen molar-refractivity contribution in [1.29, 1.82) is 0 Å². The van der Waals surface area contributed by atoms with Crippen LogP contribution in [0.15, 0.2) is 45.7 Å². The number of aryl methyl sites for hydroxylation is 1. The summed E-state index contributed by atoms with van der Waals surface area (Å²) in [6, 6.07) is 8.50. The summed E-state index contributed by atoms with van der Waals surface area (Å²) >= 11 is 3.48. The number of benzene rings is 1. The molecule has 0 fully saturated rings. The van der Waals surface area contributed by atoms with Crippen LogP contribution < -0.4 is 5.32 Å². The average molecular weight is 280 g/mol. The van der Waals surface area contributed by atoms with Crippen LogP contribution in [0.25, 0.3) is 0 Å². The second kappa shape index (κ2) is 4.85. The van der Waals surface area contributed by atoms with E-state index >= 15 is 0 Å². The zero-order chi connectivity index (χ0) is 11.5. The minimum Gasteiger partial charge on any atom is -0.472 e. The van der Waals surface area contributed by atoms with Gasteiger partial charge in [-0.1, -0.05) is 22.0 Å². The lowest BCUT2D eigenvalue weighted by Gasteiger charge is -2.17. The summed E-state index contributed by atoms with van der Waals surface area (Å²) in [6.45, 7) is 2.12. The fraction of sp³-hybridized carbons (Fsp3) is 0.231. The van der Waals surface area contributed by atoms with Crippen LogP contribution in [0.2, 0.25) is 0 Å². The molecule has 3 heteroatoms. The fourth-order valence-electron chi connectivity index (χ4n) is 1.90. The van der Waals surface area contributed by atoms with Crippen LogP contribution in [0, 0.1) is 6.92 Å². The topological polar surface area (TPSA) is 25.2 Å². The first-order valence-corrected chi connectivity index (χ1v) is 5.97. The van der Waals surface area contributed by atoms with Crippen molar-refractivity contribution in [3.63, 3.8) is 0 Å². The van der Waals surface area contributed by atoms with Crippen molar-refractivity contribution >= 4 is 15.9 Å². The van der Waals surface area contributed by atoms with Gasteiger partial charge in [-0.05, 0) is 43.3 Å². The normalized spacial score (nSPS) is 12.7. The lowest BCUT2D eigenvalue weighted by atomic mass is 9.97. The minimum atomic E-state index is 0.187. The Morgan fingerprint density at radius 3 is 2.69 bits per heavy atom. The zero-order valence-corrected chi connectivity index (χ0v) is 10.9. The van der Waals surface area contributed by atoms with E-state index in [9.17, 15) is 0 Å². The average Bonchev–Trinajstić information content (AvgIpc) is 2.75. The summed E-state index contributed by atoms with van der Waals surface area (Å²) in [7, 11) is 1.96. The highest BCUT2D eigenvalue weighted by molar-refractivity contribution is 9.10. The third-order valence-corrected chi connectivity index (χ3v) is 3.20. The molecule has 0 amide bonds. The standard InChI is InChI=1S/C13H14BrNO/c1-9-7-11(14)3-4-12(9)13(15-2)10-5-6-16-8-10/h3-8,13,15H,1-2H3. The van der Waals surface area contributed by atoms with Gasteiger partial charge in [0.2, 0.25) is 0 Å². The van der Waals surface area contributed by atoms with Gasteiger partial charge in [0, 0.05) is 10.0 Å². The Hall–Kier alpha value is -1.06. The van der Waals surface area contributed by atoms with Crippen LogP contribution in [-0.4, -0.2) is 7.05 Å². The molecule has 0 radical (unpaired) electrons. The molecule has 16 heavy (non-hydrogen) atoms. The lowest BCUT2D eigenvalue weighted by molar-refractivity contribution is 0.557. The number of furan rings is 1. The molecule has 1 N–H and O–H groups in total. The number of rotatable bonds is 3. The van der Waals surface area contributed by atoms with Crippen LogP contribution >= 0.6 is 15.9 Å². The molecule has 0 saturated heterocycles. The van der Waals surface area contributed by atoms with E-state index in [1.807, 2.05) is 13.1 Å². The largest absolute Gasteiger partial charge is 0.472 e. The predicted octanol–water partition coefficient (Wildman–Crippen LogP) is 3.66. The summed E-state index contributed by atoms with van der Waals surface area (Å²) in [5, 5.41) is 3.31. The van der Waals surface area contributed by atoms with Gasteiger partial charge >= 0.3 is 0 Å². The van der Waals surface area contributed by atoms with E-state index in [1.165, 1.54) is 11.1 Å². The van der Waals surface area contributed by atoms with E-state index in [1.54, 1.807) is 12.5 Å². The third-order valence-electron chi connectivity index (χ3n) is 2.71. The molecule has 2 nitrogen and oxygen atoms in total. The summed E-state index contributed by atoms with van der Waals surface area (Å²) in [4.78, 5) is 0.